The first-order valence-electron chi connectivity index (χ1n) is 22.2. The first-order chi connectivity index (χ1) is 32.2. The lowest BCUT2D eigenvalue weighted by Crippen LogP contribution is -2.10. The maximum Gasteiger partial charge on any atom is 0.0780 e. The normalized spacial score (nSPS) is 11.7. The minimum atomic E-state index is 1.03. The fourth-order valence-electron chi connectivity index (χ4n) is 10.1. The molecule has 0 spiro atoms. The van der Waals surface area contributed by atoms with E-state index in [4.69, 9.17) is 9.97 Å². The van der Waals surface area contributed by atoms with E-state index in [0.29, 0.717) is 0 Å². The predicted molar refractivity (Wildman–Crippen MR) is 276 cm³/mol. The van der Waals surface area contributed by atoms with Crippen LogP contribution >= 0.6 is 0 Å². The number of aromatic nitrogens is 2. The fraction of sp³-hybridized carbons (Fsp3) is 0. The molecule has 0 saturated heterocycles. The Morgan fingerprint density at radius 3 is 1.48 bits per heavy atom. The van der Waals surface area contributed by atoms with Crippen molar-refractivity contribution in [3.05, 3.63) is 237 Å². The summed E-state index contributed by atoms with van der Waals surface area (Å²) in [6.45, 7) is 0. The number of hydrogen-bond donors (Lipinski definition) is 0. The van der Waals surface area contributed by atoms with Crippen LogP contribution in [-0.2, 0) is 0 Å². The molecular weight excluding hydrogens is 787 g/mol. The van der Waals surface area contributed by atoms with Gasteiger partial charge in [0.2, 0.25) is 0 Å². The van der Waals surface area contributed by atoms with Crippen LogP contribution in [-0.4, -0.2) is 9.97 Å². The largest absolute Gasteiger partial charge is 0.310 e. The minimum Gasteiger partial charge on any atom is -0.310 e. The molecule has 0 bridgehead atoms. The molecule has 0 aliphatic carbocycles. The van der Waals surface area contributed by atoms with Crippen molar-refractivity contribution in [3.63, 3.8) is 0 Å². The maximum absolute atomic E-state index is 4.76. The van der Waals surface area contributed by atoms with Gasteiger partial charge in [-0.2, -0.15) is 0 Å². The van der Waals surface area contributed by atoms with Gasteiger partial charge in [-0.05, 0) is 143 Å². The molecule has 11 aromatic carbocycles. The summed E-state index contributed by atoms with van der Waals surface area (Å²) in [5.41, 5.74) is 12.5. The van der Waals surface area contributed by atoms with Crippen molar-refractivity contribution in [2.24, 2.45) is 0 Å². The smallest absolute Gasteiger partial charge is 0.0780 e. The molecule has 2 aromatic heterocycles. The van der Waals surface area contributed by atoms with E-state index < -0.39 is 0 Å². The van der Waals surface area contributed by atoms with E-state index in [1.807, 2.05) is 24.5 Å². The van der Waals surface area contributed by atoms with Crippen LogP contribution in [0, 0.1) is 0 Å². The van der Waals surface area contributed by atoms with Crippen molar-refractivity contribution in [2.45, 2.75) is 0 Å². The average molecular weight is 826 g/mol. The Hall–Kier alpha value is -8.66. The third kappa shape index (κ3) is 6.28. The highest BCUT2D eigenvalue weighted by atomic mass is 15.1. The van der Waals surface area contributed by atoms with Gasteiger partial charge in [0.1, 0.15) is 0 Å². The van der Waals surface area contributed by atoms with Crippen LogP contribution in [0.2, 0.25) is 0 Å². The highest BCUT2D eigenvalue weighted by molar-refractivity contribution is 6.13. The minimum absolute atomic E-state index is 1.03. The molecule has 0 fully saturated rings. The molecule has 0 unspecified atom stereocenters. The van der Waals surface area contributed by atoms with Crippen LogP contribution in [0.15, 0.2) is 237 Å². The summed E-state index contributed by atoms with van der Waals surface area (Å²) in [5.74, 6) is 0. The summed E-state index contributed by atoms with van der Waals surface area (Å²) >= 11 is 0. The van der Waals surface area contributed by atoms with Crippen molar-refractivity contribution in [1.82, 2.24) is 9.97 Å². The number of nitrogens with zero attached hydrogens (tertiary/aromatic N) is 3. The van der Waals surface area contributed by atoms with Crippen LogP contribution in [0.1, 0.15) is 0 Å². The Morgan fingerprint density at radius 1 is 0.246 bits per heavy atom. The van der Waals surface area contributed by atoms with Gasteiger partial charge in [0.15, 0.2) is 0 Å². The summed E-state index contributed by atoms with van der Waals surface area (Å²) in [6, 6.07) is 81.8. The van der Waals surface area contributed by atoms with Gasteiger partial charge in [-0.3, -0.25) is 9.97 Å². The molecule has 0 radical (unpaired) electrons. The first kappa shape index (κ1) is 36.9. The topological polar surface area (TPSA) is 29.0 Å². The second-order valence-corrected chi connectivity index (χ2v) is 17.0. The van der Waals surface area contributed by atoms with E-state index in [1.165, 1.54) is 65.3 Å². The van der Waals surface area contributed by atoms with E-state index in [9.17, 15) is 0 Å². The molecule has 0 atom stereocenters. The highest BCUT2D eigenvalue weighted by Crippen LogP contribution is 2.42. The molecular formula is C62H39N3. The van der Waals surface area contributed by atoms with Gasteiger partial charge in [0.05, 0.1) is 11.0 Å². The molecule has 0 saturated carbocycles. The molecule has 13 aromatic rings. The Labute approximate surface area is 376 Å². The Bertz CT molecular complexity index is 4000. The number of benzene rings is 11. The molecule has 13 rings (SSSR count). The average Bonchev–Trinajstić information content (AvgIpc) is 3.38. The van der Waals surface area contributed by atoms with Crippen LogP contribution in [0.3, 0.4) is 0 Å². The Morgan fingerprint density at radius 2 is 0.723 bits per heavy atom. The quantitative estimate of drug-likeness (QED) is 0.156. The predicted octanol–water partition coefficient (Wildman–Crippen LogP) is 17.0. The van der Waals surface area contributed by atoms with Crippen molar-refractivity contribution in [2.75, 3.05) is 4.90 Å². The number of rotatable bonds is 6. The second-order valence-electron chi connectivity index (χ2n) is 17.0. The lowest BCUT2D eigenvalue weighted by atomic mass is 9.95. The Kier molecular flexibility index (Phi) is 8.53. The SMILES string of the molecule is c1ccc2cc(-c3ccc4c(ccc5cc(N(c6ccc(-c7cccc8c7ccc7cccnc78)cc6)c6ccc(-c7cc8cccnc8c8ccccc78)cc6)ccc54)c3)ccc2c1. The molecule has 2 heterocycles. The summed E-state index contributed by atoms with van der Waals surface area (Å²) < 4.78 is 0. The van der Waals surface area contributed by atoms with Crippen LogP contribution in [0.25, 0.3) is 109 Å². The molecule has 3 heteroatoms. The number of fused-ring (bicyclic) bond motifs is 10. The highest BCUT2D eigenvalue weighted by Gasteiger charge is 2.17. The van der Waals surface area contributed by atoms with E-state index >= 15 is 0 Å². The Balaban J connectivity index is 0.918. The first-order valence-corrected chi connectivity index (χ1v) is 22.2. The van der Waals surface area contributed by atoms with Crippen LogP contribution < -0.4 is 4.90 Å². The second kappa shape index (κ2) is 15.0. The third-order valence-corrected chi connectivity index (χ3v) is 13.3. The molecule has 0 aliphatic rings. The van der Waals surface area contributed by atoms with Gasteiger partial charge in [-0.15, -0.1) is 0 Å². The number of hydrogen-bond acceptors (Lipinski definition) is 3. The molecule has 302 valence electrons. The monoisotopic (exact) mass is 825 g/mol. The zero-order valence-electron chi connectivity index (χ0n) is 35.4. The van der Waals surface area contributed by atoms with Gasteiger partial charge < -0.3 is 4.90 Å². The number of anilines is 3. The van der Waals surface area contributed by atoms with Crippen LogP contribution in [0.5, 0.6) is 0 Å². The van der Waals surface area contributed by atoms with Crippen LogP contribution in [0.4, 0.5) is 17.1 Å². The lowest BCUT2D eigenvalue weighted by molar-refractivity contribution is 1.29. The van der Waals surface area contributed by atoms with Crippen molar-refractivity contribution >= 4 is 92.7 Å². The van der Waals surface area contributed by atoms with E-state index in [0.717, 1.165) is 60.8 Å². The van der Waals surface area contributed by atoms with Gasteiger partial charge in [0.25, 0.3) is 0 Å². The van der Waals surface area contributed by atoms with Gasteiger partial charge in [-0.25, -0.2) is 0 Å². The van der Waals surface area contributed by atoms with E-state index in [2.05, 4.69) is 217 Å². The van der Waals surface area contributed by atoms with Gasteiger partial charge >= 0.3 is 0 Å². The lowest BCUT2D eigenvalue weighted by Gasteiger charge is -2.26. The van der Waals surface area contributed by atoms with Gasteiger partial charge in [-0.1, -0.05) is 158 Å². The van der Waals surface area contributed by atoms with Gasteiger partial charge in [0, 0.05) is 51.0 Å². The molecule has 0 aliphatic heterocycles. The zero-order valence-corrected chi connectivity index (χ0v) is 35.4. The third-order valence-electron chi connectivity index (χ3n) is 13.3. The number of pyridine rings is 2. The molecule has 65 heavy (non-hydrogen) atoms. The van der Waals surface area contributed by atoms with Crippen molar-refractivity contribution in [1.29, 1.82) is 0 Å². The molecule has 0 amide bonds. The fourth-order valence-corrected chi connectivity index (χ4v) is 10.1. The summed E-state index contributed by atoms with van der Waals surface area (Å²) in [6.07, 6.45) is 3.76. The van der Waals surface area contributed by atoms with Crippen molar-refractivity contribution < 1.29 is 0 Å². The van der Waals surface area contributed by atoms with E-state index in [1.54, 1.807) is 0 Å². The summed E-state index contributed by atoms with van der Waals surface area (Å²) in [7, 11) is 0. The molecule has 3 nitrogen and oxygen atoms in total. The standard InChI is InChI=1S/C62H39N3/c1-2-9-44-36-45(17-16-40(44)8-1)46-25-31-54-47(37-46)18-19-48-38-52(30-33-55(48)54)65(50-26-20-41(21-27-50)53-14-5-15-59-57(53)32-24-43-10-6-34-63-61(43)59)51-28-22-42(23-29-51)60-39-49-11-7-35-64-62(49)58-13-4-3-12-56(58)60/h1-39H. The maximum atomic E-state index is 4.76. The van der Waals surface area contributed by atoms with Crippen molar-refractivity contribution in [3.8, 4) is 33.4 Å². The zero-order chi connectivity index (χ0) is 42.8. The van der Waals surface area contributed by atoms with E-state index in [-0.39, 0.29) is 0 Å². The summed E-state index contributed by atoms with van der Waals surface area (Å²) in [4.78, 5) is 11.9. The molecule has 0 N–H and O–H groups in total. The summed E-state index contributed by atoms with van der Waals surface area (Å²) in [5, 5.41) is 14.4.